The highest BCUT2D eigenvalue weighted by Crippen LogP contribution is 2.31. The van der Waals surface area contributed by atoms with Crippen molar-refractivity contribution in [1.29, 1.82) is 0 Å². The van der Waals surface area contributed by atoms with Crippen LogP contribution in [0.3, 0.4) is 0 Å². The Hall–Kier alpha value is -1.92. The van der Waals surface area contributed by atoms with E-state index in [1.165, 1.54) is 0 Å². The van der Waals surface area contributed by atoms with Crippen LogP contribution in [0.4, 0.5) is 0 Å². The molecule has 2 rings (SSSR count). The first-order valence-electron chi connectivity index (χ1n) is 7.76. The minimum Gasteiger partial charge on any atom is -0.396 e. The largest absolute Gasteiger partial charge is 0.396 e. The first kappa shape index (κ1) is 17.4. The van der Waals surface area contributed by atoms with Crippen LogP contribution in [0.25, 0.3) is 0 Å². The van der Waals surface area contributed by atoms with Crippen LogP contribution in [0, 0.1) is 6.92 Å². The fraction of sp³-hybridized carbons (Fsp3) is 0.529. The van der Waals surface area contributed by atoms with Gasteiger partial charge in [-0.3, -0.25) is 9.59 Å². The molecule has 0 aliphatic carbocycles. The van der Waals surface area contributed by atoms with Crippen molar-refractivity contribution in [3.05, 3.63) is 35.4 Å². The lowest BCUT2D eigenvalue weighted by molar-refractivity contribution is -0.166. The van der Waals surface area contributed by atoms with Crippen LogP contribution in [0.5, 0.6) is 0 Å². The van der Waals surface area contributed by atoms with Crippen LogP contribution >= 0.6 is 0 Å². The molecule has 1 N–H and O–H groups in total. The van der Waals surface area contributed by atoms with Crippen molar-refractivity contribution in [2.75, 3.05) is 33.9 Å². The van der Waals surface area contributed by atoms with Gasteiger partial charge in [-0.05, 0) is 24.5 Å². The molecular formula is C17H24N2O4. The van der Waals surface area contributed by atoms with Crippen molar-refractivity contribution < 1.29 is 19.4 Å². The molecule has 0 unspecified atom stereocenters. The van der Waals surface area contributed by atoms with Gasteiger partial charge in [-0.25, -0.2) is 0 Å². The average molecular weight is 320 g/mol. The molecule has 1 aromatic carbocycles. The molecular weight excluding hydrogens is 296 g/mol. The van der Waals surface area contributed by atoms with Crippen LogP contribution in [-0.4, -0.2) is 66.7 Å². The predicted octanol–water partition coefficient (Wildman–Crippen LogP) is 0.734. The highest BCUT2D eigenvalue weighted by Gasteiger charge is 2.41. The van der Waals surface area contributed by atoms with Crippen molar-refractivity contribution in [2.24, 2.45) is 0 Å². The summed E-state index contributed by atoms with van der Waals surface area (Å²) >= 11 is 0. The lowest BCUT2D eigenvalue weighted by Gasteiger charge is -2.40. The fourth-order valence-corrected chi connectivity index (χ4v) is 2.84. The maximum Gasteiger partial charge on any atom is 0.253 e. The smallest absolute Gasteiger partial charge is 0.253 e. The van der Waals surface area contributed by atoms with Gasteiger partial charge in [0.25, 0.3) is 5.91 Å². The minimum absolute atomic E-state index is 0.0305. The Balaban J connectivity index is 2.30. The lowest BCUT2D eigenvalue weighted by atomic mass is 9.93. The summed E-state index contributed by atoms with van der Waals surface area (Å²) in [6.45, 7) is 2.35. The zero-order valence-electron chi connectivity index (χ0n) is 13.9. The monoisotopic (exact) mass is 320 g/mol. The van der Waals surface area contributed by atoms with Gasteiger partial charge in [0.15, 0.2) is 6.10 Å². The van der Waals surface area contributed by atoms with E-state index >= 15 is 0 Å². The molecule has 2 atom stereocenters. The van der Waals surface area contributed by atoms with E-state index in [0.29, 0.717) is 13.0 Å². The molecule has 126 valence electrons. The van der Waals surface area contributed by atoms with Crippen molar-refractivity contribution >= 4 is 11.8 Å². The molecule has 23 heavy (non-hydrogen) atoms. The third kappa shape index (κ3) is 3.71. The molecule has 6 heteroatoms. The highest BCUT2D eigenvalue weighted by atomic mass is 16.5. The summed E-state index contributed by atoms with van der Waals surface area (Å²) < 4.78 is 5.60. The normalized spacial score (nSPS) is 21.4. The quantitative estimate of drug-likeness (QED) is 0.868. The summed E-state index contributed by atoms with van der Waals surface area (Å²) in [5.41, 5.74) is 1.93. The van der Waals surface area contributed by atoms with E-state index in [0.717, 1.165) is 11.1 Å². The molecule has 1 aliphatic heterocycles. The summed E-state index contributed by atoms with van der Waals surface area (Å²) in [6.07, 6.45) is -0.221. The number of likely N-dealkylation sites (N-methyl/N-ethyl adjacent to an activating group) is 2. The van der Waals surface area contributed by atoms with Crippen LogP contribution in [-0.2, 0) is 14.3 Å². The van der Waals surface area contributed by atoms with Crippen molar-refractivity contribution in [2.45, 2.75) is 25.5 Å². The number of benzene rings is 1. The second-order valence-corrected chi connectivity index (χ2v) is 5.87. The van der Waals surface area contributed by atoms with Crippen LogP contribution in [0.2, 0.25) is 0 Å². The predicted molar refractivity (Wildman–Crippen MR) is 85.8 cm³/mol. The van der Waals surface area contributed by atoms with Crippen LogP contribution in [0.1, 0.15) is 23.6 Å². The Labute approximate surface area is 136 Å². The molecule has 0 aromatic heterocycles. The third-order valence-electron chi connectivity index (χ3n) is 4.26. The minimum atomic E-state index is -0.734. The van der Waals surface area contributed by atoms with E-state index in [4.69, 9.17) is 9.84 Å². The summed E-state index contributed by atoms with van der Waals surface area (Å²) in [5, 5.41) is 8.93. The Morgan fingerprint density at radius 3 is 2.78 bits per heavy atom. The van der Waals surface area contributed by atoms with Gasteiger partial charge < -0.3 is 19.6 Å². The van der Waals surface area contributed by atoms with Gasteiger partial charge in [-0.2, -0.15) is 0 Å². The van der Waals surface area contributed by atoms with Gasteiger partial charge in [0.1, 0.15) is 6.61 Å². The van der Waals surface area contributed by atoms with Gasteiger partial charge in [0.2, 0.25) is 5.91 Å². The number of aliphatic hydroxyl groups excluding tert-OH is 1. The second-order valence-electron chi connectivity index (χ2n) is 5.87. The lowest BCUT2D eigenvalue weighted by Crippen LogP contribution is -2.53. The second kappa shape index (κ2) is 7.57. The summed E-state index contributed by atoms with van der Waals surface area (Å²) in [5.74, 6) is -0.314. The maximum atomic E-state index is 12.7. The molecule has 0 radical (unpaired) electrons. The summed E-state index contributed by atoms with van der Waals surface area (Å²) in [6, 6.07) is 7.26. The Bertz CT molecular complexity index is 575. The van der Waals surface area contributed by atoms with E-state index in [1.807, 2.05) is 31.2 Å². The SMILES string of the molecule is Cc1ccccc1[C@@H]1[C@@H](C(=O)N(C)CCCO)OCC(=O)N1C. The van der Waals surface area contributed by atoms with Crippen molar-refractivity contribution in [3.8, 4) is 0 Å². The van der Waals surface area contributed by atoms with E-state index in [1.54, 1.807) is 23.9 Å². The number of ether oxygens (including phenoxy) is 1. The molecule has 1 heterocycles. The van der Waals surface area contributed by atoms with Crippen molar-refractivity contribution in [1.82, 2.24) is 9.80 Å². The number of hydrogen-bond acceptors (Lipinski definition) is 4. The first-order chi connectivity index (χ1) is 11.0. The number of rotatable bonds is 5. The maximum absolute atomic E-state index is 12.7. The Kier molecular flexibility index (Phi) is 5.74. The first-order valence-corrected chi connectivity index (χ1v) is 7.76. The number of aliphatic hydroxyl groups is 1. The standard InChI is InChI=1S/C17H24N2O4/c1-12-7-4-5-8-13(12)15-16(23-11-14(21)19(15)3)17(22)18(2)9-6-10-20/h4-5,7-8,15-16,20H,6,9-11H2,1-3H3/t15-,16+/m1/s1. The zero-order valence-corrected chi connectivity index (χ0v) is 13.9. The Morgan fingerprint density at radius 2 is 2.13 bits per heavy atom. The number of nitrogens with zero attached hydrogens (tertiary/aromatic N) is 2. The van der Waals surface area contributed by atoms with Gasteiger partial charge in [-0.15, -0.1) is 0 Å². The van der Waals surface area contributed by atoms with Crippen LogP contribution in [0.15, 0.2) is 24.3 Å². The van der Waals surface area contributed by atoms with Gasteiger partial charge in [-0.1, -0.05) is 24.3 Å². The van der Waals surface area contributed by atoms with E-state index in [2.05, 4.69) is 0 Å². The molecule has 2 amide bonds. The fourth-order valence-electron chi connectivity index (χ4n) is 2.84. The Morgan fingerprint density at radius 1 is 1.43 bits per heavy atom. The van der Waals surface area contributed by atoms with Gasteiger partial charge >= 0.3 is 0 Å². The molecule has 0 saturated carbocycles. The van der Waals surface area contributed by atoms with Crippen LogP contribution < -0.4 is 0 Å². The number of hydrogen-bond donors (Lipinski definition) is 1. The number of carbonyl (C=O) groups excluding carboxylic acids is 2. The molecule has 1 aliphatic rings. The zero-order chi connectivity index (χ0) is 17.0. The molecule has 1 fully saturated rings. The van der Waals surface area contributed by atoms with Gasteiger partial charge in [0, 0.05) is 27.2 Å². The molecule has 0 bridgehead atoms. The van der Waals surface area contributed by atoms with Gasteiger partial charge in [0.05, 0.1) is 6.04 Å². The summed E-state index contributed by atoms with van der Waals surface area (Å²) in [7, 11) is 3.39. The molecule has 0 spiro atoms. The highest BCUT2D eigenvalue weighted by molar-refractivity contribution is 5.86. The molecule has 6 nitrogen and oxygen atoms in total. The number of carbonyl (C=O) groups is 2. The van der Waals surface area contributed by atoms with E-state index in [-0.39, 0.29) is 25.0 Å². The number of morpholine rings is 1. The molecule has 1 aromatic rings. The number of aryl methyl sites for hydroxylation is 1. The molecule has 1 saturated heterocycles. The number of amides is 2. The average Bonchev–Trinajstić information content (AvgIpc) is 2.55. The summed E-state index contributed by atoms with van der Waals surface area (Å²) in [4.78, 5) is 27.9. The van der Waals surface area contributed by atoms with E-state index in [9.17, 15) is 9.59 Å². The topological polar surface area (TPSA) is 70.1 Å². The van der Waals surface area contributed by atoms with E-state index < -0.39 is 12.1 Å². The van der Waals surface area contributed by atoms with Crippen molar-refractivity contribution in [3.63, 3.8) is 0 Å². The third-order valence-corrected chi connectivity index (χ3v) is 4.26.